The number of carbonyl (C=O) groups is 1. The van der Waals surface area contributed by atoms with Crippen LogP contribution in [0.5, 0.6) is 0 Å². The summed E-state index contributed by atoms with van der Waals surface area (Å²) in [6.07, 6.45) is 5.92. The van der Waals surface area contributed by atoms with Gasteiger partial charge < -0.3 is 10.2 Å². The molecule has 1 unspecified atom stereocenters. The van der Waals surface area contributed by atoms with E-state index in [1.54, 1.807) is 36.4 Å². The quantitative estimate of drug-likeness (QED) is 0.688. The Hall–Kier alpha value is -2.87. The number of piperidine rings is 1. The van der Waals surface area contributed by atoms with Crippen LogP contribution in [0.3, 0.4) is 0 Å². The van der Waals surface area contributed by atoms with Crippen molar-refractivity contribution in [2.24, 2.45) is 0 Å². The van der Waals surface area contributed by atoms with E-state index >= 15 is 0 Å². The smallest absolute Gasteiger partial charge is 0.244 e. The third kappa shape index (κ3) is 6.32. The van der Waals surface area contributed by atoms with Crippen LogP contribution in [0.25, 0.3) is 6.08 Å². The highest BCUT2D eigenvalue weighted by Gasteiger charge is 2.22. The Bertz CT molecular complexity index is 1040. The minimum absolute atomic E-state index is 0.0582. The van der Waals surface area contributed by atoms with Crippen molar-refractivity contribution in [3.05, 3.63) is 65.5 Å². The first-order valence-corrected chi connectivity index (χ1v) is 11.7. The number of carbonyl (C=O) groups excluding carboxylic acids is 1. The molecule has 1 heterocycles. The summed E-state index contributed by atoms with van der Waals surface area (Å²) in [5, 5.41) is 2.98. The Labute approximate surface area is 176 Å². The first-order valence-electron chi connectivity index (χ1n) is 9.77. The van der Waals surface area contributed by atoms with E-state index in [9.17, 15) is 17.6 Å². The molecular formula is C22H26FN3O3S. The zero-order chi connectivity index (χ0) is 21.7. The predicted molar refractivity (Wildman–Crippen MR) is 118 cm³/mol. The predicted octanol–water partition coefficient (Wildman–Crippen LogP) is 3.30. The lowest BCUT2D eigenvalue weighted by atomic mass is 10.0. The molecule has 1 amide bonds. The number of sulfonamides is 1. The van der Waals surface area contributed by atoms with Gasteiger partial charge >= 0.3 is 0 Å². The van der Waals surface area contributed by atoms with E-state index in [-0.39, 0.29) is 17.8 Å². The van der Waals surface area contributed by atoms with Crippen LogP contribution in [0.1, 0.15) is 24.0 Å². The van der Waals surface area contributed by atoms with Gasteiger partial charge in [-0.05, 0) is 61.2 Å². The van der Waals surface area contributed by atoms with Crippen molar-refractivity contribution in [1.82, 2.24) is 5.32 Å². The van der Waals surface area contributed by atoms with Crippen molar-refractivity contribution >= 4 is 33.4 Å². The van der Waals surface area contributed by atoms with Gasteiger partial charge in [0.1, 0.15) is 5.82 Å². The molecule has 2 aromatic carbocycles. The number of benzene rings is 2. The summed E-state index contributed by atoms with van der Waals surface area (Å²) >= 11 is 0. The maximum Gasteiger partial charge on any atom is 0.244 e. The third-order valence-corrected chi connectivity index (χ3v) is 5.46. The SMILES string of the molecule is Cc1ccc(F)c(N2CCCC(NC(=O)/C=C/c3ccc(NS(C)(=O)=O)cc3)C2)c1. The molecule has 0 bridgehead atoms. The standard InChI is InChI=1S/C22H26FN3O3S/c1-16-5-11-20(23)21(14-16)26-13-3-4-19(15-26)24-22(27)12-8-17-6-9-18(10-7-17)25-30(2,28)29/h5-12,14,19,25H,3-4,13,15H2,1-2H3,(H,24,27)/b12-8+. The van der Waals surface area contributed by atoms with Gasteiger partial charge in [0.15, 0.2) is 0 Å². The zero-order valence-corrected chi connectivity index (χ0v) is 17.9. The van der Waals surface area contributed by atoms with Gasteiger partial charge in [0.25, 0.3) is 0 Å². The molecular weight excluding hydrogens is 405 g/mol. The summed E-state index contributed by atoms with van der Waals surface area (Å²) in [6, 6.07) is 11.7. The Morgan fingerprint density at radius 3 is 2.63 bits per heavy atom. The fraction of sp³-hybridized carbons (Fsp3) is 0.318. The first kappa shape index (κ1) is 21.8. The number of hydrogen-bond donors (Lipinski definition) is 2. The molecule has 0 aromatic heterocycles. The molecule has 2 aromatic rings. The van der Waals surface area contributed by atoms with E-state index in [0.29, 0.717) is 17.9 Å². The largest absolute Gasteiger partial charge is 0.367 e. The van der Waals surface area contributed by atoms with Gasteiger partial charge in [-0.3, -0.25) is 9.52 Å². The van der Waals surface area contributed by atoms with Crippen molar-refractivity contribution < 1.29 is 17.6 Å². The number of amides is 1. The van der Waals surface area contributed by atoms with Crippen LogP contribution in [0.15, 0.2) is 48.5 Å². The average molecular weight is 432 g/mol. The van der Waals surface area contributed by atoms with Crippen LogP contribution >= 0.6 is 0 Å². The monoisotopic (exact) mass is 431 g/mol. The lowest BCUT2D eigenvalue weighted by Crippen LogP contribution is -2.47. The fourth-order valence-corrected chi connectivity index (χ4v) is 4.04. The van der Waals surface area contributed by atoms with E-state index in [1.807, 2.05) is 17.9 Å². The van der Waals surface area contributed by atoms with Gasteiger partial charge in [0.05, 0.1) is 11.9 Å². The second-order valence-electron chi connectivity index (χ2n) is 7.58. The van der Waals surface area contributed by atoms with Gasteiger partial charge in [0.2, 0.25) is 15.9 Å². The van der Waals surface area contributed by atoms with Crippen molar-refractivity contribution in [1.29, 1.82) is 0 Å². The van der Waals surface area contributed by atoms with Crippen LogP contribution in [-0.4, -0.2) is 39.7 Å². The van der Waals surface area contributed by atoms with Crippen molar-refractivity contribution in [3.63, 3.8) is 0 Å². The normalized spacial score (nSPS) is 17.2. The number of anilines is 2. The number of rotatable bonds is 6. The second kappa shape index (κ2) is 9.30. The Morgan fingerprint density at radius 2 is 1.93 bits per heavy atom. The molecule has 1 aliphatic heterocycles. The minimum Gasteiger partial charge on any atom is -0.367 e. The molecule has 0 aliphatic carbocycles. The number of halogens is 1. The Balaban J connectivity index is 1.57. The molecule has 2 N–H and O–H groups in total. The molecule has 1 atom stereocenters. The molecule has 1 aliphatic rings. The molecule has 1 saturated heterocycles. The van der Waals surface area contributed by atoms with Crippen LogP contribution < -0.4 is 14.9 Å². The van der Waals surface area contributed by atoms with Gasteiger partial charge in [-0.25, -0.2) is 12.8 Å². The highest BCUT2D eigenvalue weighted by atomic mass is 32.2. The maximum absolute atomic E-state index is 14.2. The average Bonchev–Trinajstić information content (AvgIpc) is 2.68. The van der Waals surface area contributed by atoms with E-state index in [0.717, 1.165) is 36.8 Å². The number of nitrogens with zero attached hydrogens (tertiary/aromatic N) is 1. The van der Waals surface area contributed by atoms with Gasteiger partial charge in [-0.2, -0.15) is 0 Å². The Morgan fingerprint density at radius 1 is 1.20 bits per heavy atom. The van der Waals surface area contributed by atoms with Crippen LogP contribution in [0.2, 0.25) is 0 Å². The number of hydrogen-bond acceptors (Lipinski definition) is 4. The molecule has 1 fully saturated rings. The lowest BCUT2D eigenvalue weighted by molar-refractivity contribution is -0.117. The van der Waals surface area contributed by atoms with Gasteiger partial charge in [-0.15, -0.1) is 0 Å². The van der Waals surface area contributed by atoms with Crippen molar-refractivity contribution in [3.8, 4) is 0 Å². The molecule has 8 heteroatoms. The summed E-state index contributed by atoms with van der Waals surface area (Å²) in [4.78, 5) is 14.3. The first-order chi connectivity index (χ1) is 14.2. The lowest BCUT2D eigenvalue weighted by Gasteiger charge is -2.35. The van der Waals surface area contributed by atoms with Crippen LogP contribution in [0, 0.1) is 12.7 Å². The highest BCUT2D eigenvalue weighted by molar-refractivity contribution is 7.92. The molecule has 160 valence electrons. The summed E-state index contributed by atoms with van der Waals surface area (Å²) in [5.74, 6) is -0.466. The number of aryl methyl sites for hydroxylation is 1. The molecule has 3 rings (SSSR count). The molecule has 6 nitrogen and oxygen atoms in total. The topological polar surface area (TPSA) is 78.5 Å². The van der Waals surface area contributed by atoms with Crippen molar-refractivity contribution in [2.75, 3.05) is 29.0 Å². The zero-order valence-electron chi connectivity index (χ0n) is 17.1. The summed E-state index contributed by atoms with van der Waals surface area (Å²) in [5.41, 5.74) is 2.81. The van der Waals surface area contributed by atoms with Crippen molar-refractivity contribution in [2.45, 2.75) is 25.8 Å². The second-order valence-corrected chi connectivity index (χ2v) is 9.33. The Kier molecular flexibility index (Phi) is 6.77. The summed E-state index contributed by atoms with van der Waals surface area (Å²) in [6.45, 7) is 3.25. The molecule has 0 radical (unpaired) electrons. The molecule has 30 heavy (non-hydrogen) atoms. The van der Waals surface area contributed by atoms with E-state index in [4.69, 9.17) is 0 Å². The fourth-order valence-electron chi connectivity index (χ4n) is 3.48. The summed E-state index contributed by atoms with van der Waals surface area (Å²) < 4.78 is 39.1. The molecule has 0 saturated carbocycles. The number of nitrogens with one attached hydrogen (secondary N) is 2. The van der Waals surface area contributed by atoms with Crippen LogP contribution in [0.4, 0.5) is 15.8 Å². The van der Waals surface area contributed by atoms with Gasteiger partial charge in [-0.1, -0.05) is 18.2 Å². The maximum atomic E-state index is 14.2. The van der Waals surface area contributed by atoms with E-state index in [2.05, 4.69) is 10.0 Å². The van der Waals surface area contributed by atoms with E-state index in [1.165, 1.54) is 12.1 Å². The molecule has 0 spiro atoms. The van der Waals surface area contributed by atoms with Gasteiger partial charge in [0, 0.05) is 30.9 Å². The summed E-state index contributed by atoms with van der Waals surface area (Å²) in [7, 11) is -3.32. The third-order valence-electron chi connectivity index (χ3n) is 4.85. The van der Waals surface area contributed by atoms with E-state index < -0.39 is 10.0 Å². The van der Waals surface area contributed by atoms with Crippen LogP contribution in [-0.2, 0) is 14.8 Å². The minimum atomic E-state index is -3.32. The highest BCUT2D eigenvalue weighted by Crippen LogP contribution is 2.24.